The average Bonchev–Trinajstić information content (AvgIpc) is 3.07. The van der Waals surface area contributed by atoms with Gasteiger partial charge >= 0.3 is 5.97 Å². The molecule has 0 saturated carbocycles. The number of fused-ring (bicyclic) bond motifs is 1. The number of methoxy groups -OCH3 is 2. The minimum absolute atomic E-state index is 0.0397. The number of carbonyl (C=O) groups is 3. The Bertz CT molecular complexity index is 1260. The molecule has 2 aliphatic rings. The molecule has 2 unspecified atom stereocenters. The van der Waals surface area contributed by atoms with E-state index in [-0.39, 0.29) is 48.6 Å². The van der Waals surface area contributed by atoms with Crippen LogP contribution in [0.5, 0.6) is 11.5 Å². The molecule has 2 aliphatic heterocycles. The summed E-state index contributed by atoms with van der Waals surface area (Å²) in [5.41, 5.74) is 2.74. The van der Waals surface area contributed by atoms with Gasteiger partial charge in [0.15, 0.2) is 11.5 Å². The van der Waals surface area contributed by atoms with Gasteiger partial charge in [-0.1, -0.05) is 43.6 Å². The Balaban J connectivity index is 1.69. The van der Waals surface area contributed by atoms with Crippen LogP contribution in [0.15, 0.2) is 36.4 Å². The summed E-state index contributed by atoms with van der Waals surface area (Å²) in [6.45, 7) is 7.50. The van der Waals surface area contributed by atoms with Crippen LogP contribution in [0.25, 0.3) is 0 Å². The number of hydrogen-bond acceptors (Lipinski definition) is 6. The zero-order valence-corrected chi connectivity index (χ0v) is 25.4. The van der Waals surface area contributed by atoms with Crippen molar-refractivity contribution in [2.45, 2.75) is 51.9 Å². The van der Waals surface area contributed by atoms with E-state index in [1.54, 1.807) is 30.9 Å². The summed E-state index contributed by atoms with van der Waals surface area (Å²) in [4.78, 5) is 43.5. The molecule has 8 nitrogen and oxygen atoms in total. The first kappa shape index (κ1) is 30.7. The van der Waals surface area contributed by atoms with Crippen molar-refractivity contribution < 1.29 is 28.6 Å². The normalized spacial score (nSPS) is 19.5. The number of amides is 2. The smallest absolute Gasteiger partial charge is 0.309 e. The number of rotatable bonds is 9. The maximum atomic E-state index is 14.2. The first-order valence-electron chi connectivity index (χ1n) is 14.4. The number of likely N-dealkylation sites (tertiary alicyclic amines) is 1. The van der Waals surface area contributed by atoms with Gasteiger partial charge in [-0.05, 0) is 61.4 Å². The zero-order chi connectivity index (χ0) is 29.7. The van der Waals surface area contributed by atoms with E-state index in [1.807, 2.05) is 36.4 Å². The first-order chi connectivity index (χ1) is 19.7. The second-order valence-corrected chi connectivity index (χ2v) is 11.7. The van der Waals surface area contributed by atoms with Crippen molar-refractivity contribution in [1.29, 1.82) is 0 Å². The van der Waals surface area contributed by atoms with Crippen molar-refractivity contribution >= 4 is 29.4 Å². The number of hydrogen-bond donors (Lipinski definition) is 0. The summed E-state index contributed by atoms with van der Waals surface area (Å²) in [5, 5.41) is 0.584. The molecule has 9 heteroatoms. The highest BCUT2D eigenvalue weighted by molar-refractivity contribution is 6.30. The number of para-hydroxylation sites is 1. The van der Waals surface area contributed by atoms with Gasteiger partial charge in [-0.2, -0.15) is 0 Å². The number of ether oxygens (including phenoxy) is 3. The number of esters is 1. The minimum Gasteiger partial charge on any atom is -0.493 e. The van der Waals surface area contributed by atoms with E-state index in [0.717, 1.165) is 16.7 Å². The van der Waals surface area contributed by atoms with E-state index in [1.165, 1.54) is 0 Å². The Kier molecular flexibility index (Phi) is 10.2. The molecule has 41 heavy (non-hydrogen) atoms. The number of nitrogens with zero attached hydrogens (tertiary/aromatic N) is 2. The quantitative estimate of drug-likeness (QED) is 0.374. The number of halogens is 1. The van der Waals surface area contributed by atoms with E-state index in [4.69, 9.17) is 25.8 Å². The third-order valence-corrected chi connectivity index (χ3v) is 8.36. The fraction of sp³-hybridized carbons (Fsp3) is 0.531. The number of carbonyl (C=O) groups excluding carboxylic acids is 3. The van der Waals surface area contributed by atoms with Crippen LogP contribution in [-0.4, -0.2) is 74.6 Å². The summed E-state index contributed by atoms with van der Waals surface area (Å²) >= 11 is 6.53. The maximum absolute atomic E-state index is 14.2. The molecular weight excluding hydrogens is 544 g/mol. The highest BCUT2D eigenvalue weighted by Crippen LogP contribution is 2.44. The fourth-order valence-electron chi connectivity index (χ4n) is 6.11. The van der Waals surface area contributed by atoms with Crippen LogP contribution >= 0.6 is 11.6 Å². The highest BCUT2D eigenvalue weighted by Gasteiger charge is 2.39. The summed E-state index contributed by atoms with van der Waals surface area (Å²) in [6, 6.07) is 11.4. The van der Waals surface area contributed by atoms with Gasteiger partial charge in [0.25, 0.3) is 0 Å². The maximum Gasteiger partial charge on any atom is 0.309 e. The van der Waals surface area contributed by atoms with Crippen molar-refractivity contribution in [2.24, 2.45) is 11.8 Å². The van der Waals surface area contributed by atoms with Crippen molar-refractivity contribution in [3.63, 3.8) is 0 Å². The molecule has 0 radical (unpaired) electrons. The van der Waals surface area contributed by atoms with E-state index in [2.05, 4.69) is 13.8 Å². The molecule has 0 aliphatic carbocycles. The van der Waals surface area contributed by atoms with Crippen LogP contribution in [-0.2, 0) is 19.1 Å². The van der Waals surface area contributed by atoms with Gasteiger partial charge in [-0.25, -0.2) is 0 Å². The second-order valence-electron chi connectivity index (χ2n) is 11.2. The Hall–Kier alpha value is -3.26. The van der Waals surface area contributed by atoms with Crippen LogP contribution in [0.3, 0.4) is 0 Å². The van der Waals surface area contributed by atoms with Gasteiger partial charge in [-0.3, -0.25) is 14.4 Å². The molecule has 0 spiro atoms. The van der Waals surface area contributed by atoms with Crippen LogP contribution in [0.2, 0.25) is 5.02 Å². The summed E-state index contributed by atoms with van der Waals surface area (Å²) < 4.78 is 16.6. The zero-order valence-electron chi connectivity index (χ0n) is 24.7. The molecule has 2 aromatic carbocycles. The van der Waals surface area contributed by atoms with Crippen LogP contribution in [0.1, 0.15) is 68.6 Å². The number of benzene rings is 2. The summed E-state index contributed by atoms with van der Waals surface area (Å²) in [6.07, 6.45) is 1.76. The Labute approximate surface area is 247 Å². The Morgan fingerprint density at radius 1 is 1.02 bits per heavy atom. The van der Waals surface area contributed by atoms with Gasteiger partial charge in [0.2, 0.25) is 11.8 Å². The molecule has 2 aromatic rings. The van der Waals surface area contributed by atoms with Crippen LogP contribution in [0, 0.1) is 11.8 Å². The van der Waals surface area contributed by atoms with Crippen molar-refractivity contribution in [3.05, 3.63) is 58.1 Å². The SMILES string of the molecule is CCOC(=O)C1CCN(C(=O)CN2CC(c3cccc(OC)c3OC)c3cc(Cl)ccc3C(CC(C)C)C2=O)CC1. The predicted octanol–water partition coefficient (Wildman–Crippen LogP) is 5.26. The molecule has 1 saturated heterocycles. The predicted molar refractivity (Wildman–Crippen MR) is 158 cm³/mol. The highest BCUT2D eigenvalue weighted by atomic mass is 35.5. The van der Waals surface area contributed by atoms with Crippen molar-refractivity contribution in [2.75, 3.05) is 47.0 Å². The van der Waals surface area contributed by atoms with E-state index in [0.29, 0.717) is 55.5 Å². The molecular formula is C32H41ClN2O6. The first-order valence-corrected chi connectivity index (χ1v) is 14.8. The summed E-state index contributed by atoms with van der Waals surface area (Å²) in [5.74, 6) is 0.149. The average molecular weight is 585 g/mol. The molecule has 2 atom stereocenters. The third-order valence-electron chi connectivity index (χ3n) is 8.12. The van der Waals surface area contributed by atoms with Gasteiger partial charge in [0, 0.05) is 36.1 Å². The van der Waals surface area contributed by atoms with E-state index >= 15 is 0 Å². The molecule has 0 aromatic heterocycles. The van der Waals surface area contributed by atoms with E-state index < -0.39 is 5.92 Å². The van der Waals surface area contributed by atoms with Gasteiger partial charge in [-0.15, -0.1) is 0 Å². The third kappa shape index (κ3) is 6.80. The molecule has 222 valence electrons. The molecule has 0 bridgehead atoms. The van der Waals surface area contributed by atoms with E-state index in [9.17, 15) is 14.4 Å². The van der Waals surface area contributed by atoms with Gasteiger partial charge in [0.1, 0.15) is 0 Å². The summed E-state index contributed by atoms with van der Waals surface area (Å²) in [7, 11) is 3.20. The van der Waals surface area contributed by atoms with Gasteiger partial charge in [0.05, 0.1) is 39.2 Å². The van der Waals surface area contributed by atoms with Crippen LogP contribution < -0.4 is 9.47 Å². The van der Waals surface area contributed by atoms with Gasteiger partial charge < -0.3 is 24.0 Å². The largest absolute Gasteiger partial charge is 0.493 e. The topological polar surface area (TPSA) is 85.4 Å². The Morgan fingerprint density at radius 3 is 2.39 bits per heavy atom. The lowest BCUT2D eigenvalue weighted by atomic mass is 9.82. The monoisotopic (exact) mass is 584 g/mol. The molecule has 2 heterocycles. The standard InChI is InChI=1S/C32H41ClN2O6/c1-6-41-32(38)21-12-14-34(15-13-21)29(36)19-35-18-27(24-8-7-9-28(39-4)30(24)40-5)25-17-22(33)10-11-23(25)26(31(35)37)16-20(2)3/h7-11,17,20-21,26-27H,6,12-16,18-19H2,1-5H3. The molecule has 1 fully saturated rings. The lowest BCUT2D eigenvalue weighted by Gasteiger charge is -2.34. The molecule has 0 N–H and O–H groups in total. The van der Waals surface area contributed by atoms with Crippen molar-refractivity contribution in [1.82, 2.24) is 9.80 Å². The number of piperidine rings is 1. The lowest BCUT2D eigenvalue weighted by molar-refractivity contribution is -0.151. The molecule has 4 rings (SSSR count). The Morgan fingerprint density at radius 2 is 1.76 bits per heavy atom. The molecule has 2 amide bonds. The van der Waals surface area contributed by atoms with Crippen LogP contribution in [0.4, 0.5) is 0 Å². The fourth-order valence-corrected chi connectivity index (χ4v) is 6.29. The minimum atomic E-state index is -0.411. The second kappa shape index (κ2) is 13.6. The van der Waals surface area contributed by atoms with Crippen molar-refractivity contribution in [3.8, 4) is 11.5 Å². The lowest BCUT2D eigenvalue weighted by Crippen LogP contribution is -2.48.